The molecule has 0 aliphatic rings. The van der Waals surface area contributed by atoms with Crippen LogP contribution in [0.4, 0.5) is 4.39 Å². The molecule has 0 radical (unpaired) electrons. The third-order valence-electron chi connectivity index (χ3n) is 4.70. The molecule has 0 N–H and O–H groups in total. The largest absolute Gasteiger partial charge is 0.335 e. The maximum absolute atomic E-state index is 13.2. The van der Waals surface area contributed by atoms with E-state index >= 15 is 0 Å². The minimum atomic E-state index is -0.335. The first-order valence-electron chi connectivity index (χ1n) is 9.18. The average Bonchev–Trinajstić information content (AvgIpc) is 2.71. The van der Waals surface area contributed by atoms with E-state index in [9.17, 15) is 14.0 Å². The number of hydrogen-bond donors (Lipinski definition) is 0. The molecule has 0 fully saturated rings. The van der Waals surface area contributed by atoms with Crippen LogP contribution < -0.4 is 5.56 Å². The number of hydrogen-bond acceptors (Lipinski definition) is 3. The molecule has 0 bridgehead atoms. The zero-order chi connectivity index (χ0) is 20.1. The van der Waals surface area contributed by atoms with E-state index < -0.39 is 0 Å². The van der Waals surface area contributed by atoms with Crippen molar-refractivity contribution in [3.63, 3.8) is 0 Å². The minimum absolute atomic E-state index is 0.154. The van der Waals surface area contributed by atoms with Gasteiger partial charge in [-0.2, -0.15) is 5.10 Å². The van der Waals surface area contributed by atoms with Crippen molar-refractivity contribution < 1.29 is 9.18 Å². The summed E-state index contributed by atoms with van der Waals surface area (Å²) in [6.07, 6.45) is 0. The van der Waals surface area contributed by atoms with E-state index in [2.05, 4.69) is 5.10 Å². The summed E-state index contributed by atoms with van der Waals surface area (Å²) in [7, 11) is 0. The maximum Gasteiger partial charge on any atom is 0.267 e. The van der Waals surface area contributed by atoms with Gasteiger partial charge in [-0.05, 0) is 37.6 Å². The average molecular weight is 379 g/mol. The first kappa shape index (κ1) is 19.5. The second-order valence-corrected chi connectivity index (χ2v) is 6.49. The fourth-order valence-electron chi connectivity index (χ4n) is 3.13. The topological polar surface area (TPSA) is 55.2 Å². The number of likely N-dealkylation sites (N-methyl/N-ethyl adjacent to an activating group) is 1. The van der Waals surface area contributed by atoms with Gasteiger partial charge < -0.3 is 4.90 Å². The quantitative estimate of drug-likeness (QED) is 0.657. The normalized spacial score (nSPS) is 11.8. The summed E-state index contributed by atoms with van der Waals surface area (Å²) in [6.45, 7) is 4.06. The Kier molecular flexibility index (Phi) is 5.99. The summed E-state index contributed by atoms with van der Waals surface area (Å²) in [4.78, 5) is 26.7. The van der Waals surface area contributed by atoms with E-state index in [0.717, 1.165) is 11.1 Å². The third-order valence-corrected chi connectivity index (χ3v) is 4.70. The highest BCUT2D eigenvalue weighted by atomic mass is 19.1. The van der Waals surface area contributed by atoms with Gasteiger partial charge in [0.1, 0.15) is 12.4 Å². The Bertz CT molecular complexity index is 1000. The van der Waals surface area contributed by atoms with Gasteiger partial charge in [0.05, 0.1) is 11.7 Å². The molecule has 28 heavy (non-hydrogen) atoms. The molecule has 0 saturated carbocycles. The highest BCUT2D eigenvalue weighted by Crippen LogP contribution is 2.21. The molecule has 0 saturated heterocycles. The molecule has 1 amide bonds. The smallest absolute Gasteiger partial charge is 0.267 e. The van der Waals surface area contributed by atoms with Crippen molar-refractivity contribution in [2.24, 2.45) is 0 Å². The van der Waals surface area contributed by atoms with Gasteiger partial charge in [-0.3, -0.25) is 9.59 Å². The standard InChI is InChI=1S/C22H22FN3O2/c1-3-25(16(2)17-9-11-19(23)12-10-17)22(28)15-26-21(27)14-13-20(24-26)18-7-5-4-6-8-18/h4-14,16H,3,15H2,1-2H3/t16-/m0/s1. The molecule has 144 valence electrons. The number of benzene rings is 2. The number of aromatic nitrogens is 2. The van der Waals surface area contributed by atoms with Crippen molar-refractivity contribution in [1.29, 1.82) is 0 Å². The third kappa shape index (κ3) is 4.34. The lowest BCUT2D eigenvalue weighted by Gasteiger charge is -2.28. The number of rotatable bonds is 6. The molecule has 6 heteroatoms. The van der Waals surface area contributed by atoms with Crippen LogP contribution in [-0.2, 0) is 11.3 Å². The molecular weight excluding hydrogens is 357 g/mol. The van der Waals surface area contributed by atoms with E-state index in [1.807, 2.05) is 44.2 Å². The van der Waals surface area contributed by atoms with E-state index in [4.69, 9.17) is 0 Å². The van der Waals surface area contributed by atoms with Crippen LogP contribution in [0, 0.1) is 5.82 Å². The molecule has 3 aromatic rings. The number of carbonyl (C=O) groups excluding carboxylic acids is 1. The van der Waals surface area contributed by atoms with Crippen LogP contribution in [0.15, 0.2) is 71.5 Å². The van der Waals surface area contributed by atoms with Crippen molar-refractivity contribution in [2.45, 2.75) is 26.4 Å². The zero-order valence-corrected chi connectivity index (χ0v) is 15.9. The molecule has 1 heterocycles. The fraction of sp³-hybridized carbons (Fsp3) is 0.227. The second-order valence-electron chi connectivity index (χ2n) is 6.49. The lowest BCUT2D eigenvalue weighted by atomic mass is 10.1. The molecule has 0 spiro atoms. The Labute approximate surface area is 163 Å². The summed E-state index contributed by atoms with van der Waals surface area (Å²) in [5.74, 6) is -0.544. The Morgan fingerprint density at radius 2 is 1.75 bits per heavy atom. The summed E-state index contributed by atoms with van der Waals surface area (Å²) in [6, 6.07) is 18.4. The molecule has 5 nitrogen and oxygen atoms in total. The number of nitrogens with zero attached hydrogens (tertiary/aromatic N) is 3. The van der Waals surface area contributed by atoms with Gasteiger partial charge in [0.2, 0.25) is 5.91 Å². The molecule has 1 atom stereocenters. The van der Waals surface area contributed by atoms with Gasteiger partial charge in [0, 0.05) is 18.2 Å². The van der Waals surface area contributed by atoms with E-state index in [1.165, 1.54) is 22.9 Å². The van der Waals surface area contributed by atoms with Crippen molar-refractivity contribution >= 4 is 5.91 Å². The van der Waals surface area contributed by atoms with E-state index in [1.54, 1.807) is 23.1 Å². The van der Waals surface area contributed by atoms with Crippen molar-refractivity contribution in [3.8, 4) is 11.3 Å². The molecular formula is C22H22FN3O2. The van der Waals surface area contributed by atoms with Gasteiger partial charge in [0.15, 0.2) is 0 Å². The first-order valence-corrected chi connectivity index (χ1v) is 9.18. The summed E-state index contributed by atoms with van der Waals surface area (Å²) >= 11 is 0. The van der Waals surface area contributed by atoms with E-state index in [0.29, 0.717) is 12.2 Å². The lowest BCUT2D eigenvalue weighted by molar-refractivity contribution is -0.134. The number of carbonyl (C=O) groups is 1. The Hall–Kier alpha value is -3.28. The van der Waals surface area contributed by atoms with Crippen LogP contribution in [0.1, 0.15) is 25.5 Å². The van der Waals surface area contributed by atoms with Gasteiger partial charge in [-0.25, -0.2) is 9.07 Å². The van der Waals surface area contributed by atoms with Crippen molar-refractivity contribution in [1.82, 2.24) is 14.7 Å². The van der Waals surface area contributed by atoms with Gasteiger partial charge in [-0.15, -0.1) is 0 Å². The second kappa shape index (κ2) is 8.61. The SMILES string of the molecule is CCN(C(=O)Cn1nc(-c2ccccc2)ccc1=O)[C@@H](C)c1ccc(F)cc1. The molecule has 0 aliphatic heterocycles. The van der Waals surface area contributed by atoms with Crippen LogP contribution >= 0.6 is 0 Å². The summed E-state index contributed by atoms with van der Waals surface area (Å²) < 4.78 is 14.4. The van der Waals surface area contributed by atoms with Crippen molar-refractivity contribution in [2.75, 3.05) is 6.54 Å². The fourth-order valence-corrected chi connectivity index (χ4v) is 3.13. The van der Waals surface area contributed by atoms with Crippen molar-refractivity contribution in [3.05, 3.63) is 88.5 Å². The highest BCUT2D eigenvalue weighted by molar-refractivity contribution is 5.76. The maximum atomic E-state index is 13.2. The number of amides is 1. The van der Waals surface area contributed by atoms with Crippen LogP contribution in [0.5, 0.6) is 0 Å². The van der Waals surface area contributed by atoms with E-state index in [-0.39, 0.29) is 29.9 Å². The Morgan fingerprint density at radius 1 is 1.07 bits per heavy atom. The van der Waals surface area contributed by atoms with Crippen LogP contribution in [0.25, 0.3) is 11.3 Å². The van der Waals surface area contributed by atoms with Crippen LogP contribution in [0.3, 0.4) is 0 Å². The van der Waals surface area contributed by atoms with Crippen LogP contribution in [0.2, 0.25) is 0 Å². The van der Waals surface area contributed by atoms with Gasteiger partial charge in [-0.1, -0.05) is 42.5 Å². The summed E-state index contributed by atoms with van der Waals surface area (Å²) in [5, 5.41) is 4.35. The monoisotopic (exact) mass is 379 g/mol. The Morgan fingerprint density at radius 3 is 2.39 bits per heavy atom. The number of halogens is 1. The molecule has 0 aliphatic carbocycles. The lowest BCUT2D eigenvalue weighted by Crippen LogP contribution is -2.38. The molecule has 0 unspecified atom stereocenters. The minimum Gasteiger partial charge on any atom is -0.335 e. The molecule has 3 rings (SSSR count). The molecule has 2 aromatic carbocycles. The predicted molar refractivity (Wildman–Crippen MR) is 106 cm³/mol. The Balaban J connectivity index is 1.82. The van der Waals surface area contributed by atoms with Gasteiger partial charge >= 0.3 is 0 Å². The molecule has 1 aromatic heterocycles. The highest BCUT2D eigenvalue weighted by Gasteiger charge is 2.21. The predicted octanol–water partition coefficient (Wildman–Crippen LogP) is 3.66. The van der Waals surface area contributed by atoms with Gasteiger partial charge in [0.25, 0.3) is 5.56 Å². The first-order chi connectivity index (χ1) is 13.5. The zero-order valence-electron chi connectivity index (χ0n) is 15.9. The van der Waals surface area contributed by atoms with Crippen LogP contribution in [-0.4, -0.2) is 27.1 Å². The summed E-state index contributed by atoms with van der Waals surface area (Å²) in [5.41, 5.74) is 1.99.